The highest BCUT2D eigenvalue weighted by atomic mass is 32.2. The topological polar surface area (TPSA) is 6.48 Å². The van der Waals surface area contributed by atoms with Crippen LogP contribution in [-0.4, -0.2) is 35.9 Å². The Morgan fingerprint density at radius 2 is 1.38 bits per heavy atom. The second-order valence-electron chi connectivity index (χ2n) is 7.86. The fraction of sp³-hybridized carbons (Fsp3) is 0.308. The van der Waals surface area contributed by atoms with Gasteiger partial charge in [-0.05, 0) is 74.1 Å². The molecule has 3 aromatic carbocycles. The molecule has 1 heterocycles. The lowest BCUT2D eigenvalue weighted by Crippen LogP contribution is -2.40. The molecule has 150 valence electrons. The van der Waals surface area contributed by atoms with Gasteiger partial charge in [-0.2, -0.15) is 0 Å². The average Bonchev–Trinajstić information content (AvgIpc) is 2.79. The lowest BCUT2D eigenvalue weighted by molar-refractivity contribution is 0.140. The van der Waals surface area contributed by atoms with Gasteiger partial charge in [0.15, 0.2) is 0 Å². The van der Waals surface area contributed by atoms with Crippen molar-refractivity contribution in [3.63, 3.8) is 0 Å². The van der Waals surface area contributed by atoms with Crippen molar-refractivity contribution in [2.45, 2.75) is 29.7 Å². The highest BCUT2D eigenvalue weighted by molar-refractivity contribution is 7.97. The highest BCUT2D eigenvalue weighted by Gasteiger charge is 2.27. The Morgan fingerprint density at radius 1 is 0.828 bits per heavy atom. The summed E-state index contributed by atoms with van der Waals surface area (Å²) in [4.78, 5) is 3.99. The minimum absolute atomic E-state index is 0.425. The van der Waals surface area contributed by atoms with E-state index in [0.717, 1.165) is 19.6 Å². The van der Waals surface area contributed by atoms with Crippen LogP contribution in [0.4, 0.5) is 0 Å². The second-order valence-corrected chi connectivity index (χ2v) is 9.14. The van der Waals surface area contributed by atoms with Crippen molar-refractivity contribution in [2.75, 3.05) is 26.7 Å². The zero-order chi connectivity index (χ0) is 19.9. The Kier molecular flexibility index (Phi) is 7.04. The van der Waals surface area contributed by atoms with Gasteiger partial charge in [-0.15, -0.1) is 0 Å². The number of likely N-dealkylation sites (N-methyl/N-ethyl adjacent to an activating group) is 1. The number of rotatable bonds is 7. The number of hydrogen-bond donors (Lipinski definition) is 0. The molecule has 0 N–H and O–H groups in total. The van der Waals surface area contributed by atoms with E-state index in [2.05, 4.69) is 107 Å². The minimum atomic E-state index is 0.425. The molecule has 4 rings (SSSR count). The molecule has 1 aliphatic heterocycles. The first-order chi connectivity index (χ1) is 14.3. The first-order valence-electron chi connectivity index (χ1n) is 10.6. The van der Waals surface area contributed by atoms with Crippen molar-refractivity contribution in [1.29, 1.82) is 0 Å². The van der Waals surface area contributed by atoms with E-state index < -0.39 is 0 Å². The van der Waals surface area contributed by atoms with Crippen molar-refractivity contribution in [3.8, 4) is 0 Å². The molecule has 3 aromatic rings. The van der Waals surface area contributed by atoms with E-state index in [0.29, 0.717) is 12.0 Å². The van der Waals surface area contributed by atoms with Crippen LogP contribution in [0.15, 0.2) is 95.9 Å². The van der Waals surface area contributed by atoms with Crippen LogP contribution in [0.2, 0.25) is 0 Å². The smallest absolute Gasteiger partial charge is 0.0484 e. The van der Waals surface area contributed by atoms with Crippen molar-refractivity contribution >= 4 is 11.9 Å². The summed E-state index contributed by atoms with van der Waals surface area (Å²) in [6.07, 6.45) is 2.48. The molecule has 1 aliphatic rings. The second kappa shape index (κ2) is 10.1. The highest BCUT2D eigenvalue weighted by Crippen LogP contribution is 2.34. The molecule has 1 atom stereocenters. The Labute approximate surface area is 179 Å². The lowest BCUT2D eigenvalue weighted by Gasteiger charge is -2.39. The van der Waals surface area contributed by atoms with Gasteiger partial charge >= 0.3 is 0 Å². The van der Waals surface area contributed by atoms with E-state index in [-0.39, 0.29) is 0 Å². The lowest BCUT2D eigenvalue weighted by atomic mass is 9.88. The van der Waals surface area contributed by atoms with Crippen LogP contribution < -0.4 is 0 Å². The van der Waals surface area contributed by atoms with Crippen LogP contribution in [-0.2, 0) is 0 Å². The molecule has 1 saturated heterocycles. The summed E-state index contributed by atoms with van der Waals surface area (Å²) in [6.45, 7) is 3.32. The van der Waals surface area contributed by atoms with Gasteiger partial charge in [0.25, 0.3) is 0 Å². The molecular weight excluding hydrogens is 372 g/mol. The number of hydrogen-bond acceptors (Lipinski definition) is 3. The summed E-state index contributed by atoms with van der Waals surface area (Å²) in [6, 6.07) is 33.2. The monoisotopic (exact) mass is 402 g/mol. The van der Waals surface area contributed by atoms with Gasteiger partial charge in [0.05, 0.1) is 0 Å². The molecular formula is C26H30N2S. The van der Waals surface area contributed by atoms with E-state index in [1.807, 2.05) is 11.9 Å². The van der Waals surface area contributed by atoms with Crippen molar-refractivity contribution in [1.82, 2.24) is 9.21 Å². The summed E-state index contributed by atoms with van der Waals surface area (Å²) < 4.78 is 2.39. The molecule has 0 aromatic heterocycles. The molecule has 0 bridgehead atoms. The van der Waals surface area contributed by atoms with Gasteiger partial charge in [-0.1, -0.05) is 78.9 Å². The molecule has 1 fully saturated rings. The zero-order valence-electron chi connectivity index (χ0n) is 17.2. The van der Waals surface area contributed by atoms with Gasteiger partial charge < -0.3 is 0 Å². The number of likely N-dealkylation sites (tertiary alicyclic amines) is 1. The maximum absolute atomic E-state index is 2.69. The Bertz CT molecular complexity index is 846. The predicted octanol–water partition coefficient (Wildman–Crippen LogP) is 6.25. The SMILES string of the molecule is CN(CC(c1ccccc1)N1CCC(c2ccccc2)CC1)Sc1ccccc1. The molecule has 3 heteroatoms. The first kappa shape index (κ1) is 20.2. The Balaban J connectivity index is 1.44. The molecule has 0 aliphatic carbocycles. The summed E-state index contributed by atoms with van der Waals surface area (Å²) in [5.74, 6) is 0.695. The quantitative estimate of drug-likeness (QED) is 0.432. The van der Waals surface area contributed by atoms with Crippen LogP contribution in [0.5, 0.6) is 0 Å². The normalized spacial score (nSPS) is 16.8. The predicted molar refractivity (Wildman–Crippen MR) is 124 cm³/mol. The maximum Gasteiger partial charge on any atom is 0.0484 e. The van der Waals surface area contributed by atoms with E-state index >= 15 is 0 Å². The molecule has 0 spiro atoms. The van der Waals surface area contributed by atoms with Crippen molar-refractivity contribution in [3.05, 3.63) is 102 Å². The third-order valence-corrected chi connectivity index (χ3v) is 6.80. The van der Waals surface area contributed by atoms with E-state index in [1.54, 1.807) is 0 Å². The minimum Gasteiger partial charge on any atom is -0.295 e. The molecule has 0 amide bonds. The third-order valence-electron chi connectivity index (χ3n) is 5.86. The Hall–Kier alpha value is -2.07. The van der Waals surface area contributed by atoms with Gasteiger partial charge in [-0.3, -0.25) is 4.90 Å². The summed E-state index contributed by atoms with van der Waals surface area (Å²) in [5, 5.41) is 0. The summed E-state index contributed by atoms with van der Waals surface area (Å²) >= 11 is 1.83. The van der Waals surface area contributed by atoms with Gasteiger partial charge in [0.1, 0.15) is 0 Å². The number of piperidine rings is 1. The average molecular weight is 403 g/mol. The van der Waals surface area contributed by atoms with Crippen LogP contribution in [0.1, 0.15) is 35.9 Å². The molecule has 2 nitrogen and oxygen atoms in total. The first-order valence-corrected chi connectivity index (χ1v) is 11.3. The maximum atomic E-state index is 2.69. The van der Waals surface area contributed by atoms with E-state index in [1.165, 1.54) is 28.9 Å². The summed E-state index contributed by atoms with van der Waals surface area (Å²) in [7, 11) is 2.21. The van der Waals surface area contributed by atoms with Crippen LogP contribution in [0.25, 0.3) is 0 Å². The van der Waals surface area contributed by atoms with E-state index in [4.69, 9.17) is 0 Å². The van der Waals surface area contributed by atoms with Gasteiger partial charge in [0, 0.05) is 17.5 Å². The largest absolute Gasteiger partial charge is 0.295 e. The van der Waals surface area contributed by atoms with Crippen molar-refractivity contribution in [2.24, 2.45) is 0 Å². The number of nitrogens with zero attached hydrogens (tertiary/aromatic N) is 2. The number of benzene rings is 3. The van der Waals surface area contributed by atoms with Crippen LogP contribution in [0.3, 0.4) is 0 Å². The van der Waals surface area contributed by atoms with Crippen LogP contribution >= 0.6 is 11.9 Å². The zero-order valence-corrected chi connectivity index (χ0v) is 18.0. The third kappa shape index (κ3) is 5.51. The van der Waals surface area contributed by atoms with E-state index in [9.17, 15) is 0 Å². The summed E-state index contributed by atoms with van der Waals surface area (Å²) in [5.41, 5.74) is 2.92. The molecule has 0 saturated carbocycles. The fourth-order valence-electron chi connectivity index (χ4n) is 4.32. The molecule has 1 unspecified atom stereocenters. The molecule has 0 radical (unpaired) electrons. The Morgan fingerprint density at radius 3 is 2.00 bits per heavy atom. The van der Waals surface area contributed by atoms with Crippen molar-refractivity contribution < 1.29 is 0 Å². The van der Waals surface area contributed by atoms with Gasteiger partial charge in [0.2, 0.25) is 0 Å². The van der Waals surface area contributed by atoms with Crippen LogP contribution in [0, 0.1) is 0 Å². The standard InChI is InChI=1S/C26H30N2S/c1-27(29-25-15-9-4-10-16-25)21-26(24-13-7-3-8-14-24)28-19-17-23(18-20-28)22-11-5-2-6-12-22/h2-16,23,26H,17-21H2,1H3. The molecule has 29 heavy (non-hydrogen) atoms. The van der Waals surface area contributed by atoms with Gasteiger partial charge in [-0.25, -0.2) is 4.31 Å². The fourth-order valence-corrected chi connectivity index (χ4v) is 5.17.